The maximum atomic E-state index is 11.5. The van der Waals surface area contributed by atoms with Crippen molar-refractivity contribution in [2.45, 2.75) is 26.3 Å². The lowest BCUT2D eigenvalue weighted by atomic mass is 10.0. The lowest BCUT2D eigenvalue weighted by molar-refractivity contribution is -0.142. The smallest absolute Gasteiger partial charge is 0.330 e. The molecule has 0 aromatic rings. The summed E-state index contributed by atoms with van der Waals surface area (Å²) in [6, 6.07) is -0.548. The monoisotopic (exact) mass is 243 g/mol. The molecular weight excluding hydrogens is 226 g/mol. The molecule has 0 heterocycles. The molecule has 0 aromatic carbocycles. The van der Waals surface area contributed by atoms with Crippen molar-refractivity contribution in [3.63, 3.8) is 0 Å². The van der Waals surface area contributed by atoms with Gasteiger partial charge >= 0.3 is 5.97 Å². The zero-order valence-electron chi connectivity index (χ0n) is 9.98. The van der Waals surface area contributed by atoms with Crippen LogP contribution in [0, 0.1) is 17.4 Å². The quantitative estimate of drug-likeness (QED) is 0.265. The number of carbonyl (C=O) groups is 1. The van der Waals surface area contributed by atoms with E-state index < -0.39 is 6.04 Å². The molecule has 0 amide bonds. The summed E-state index contributed by atoms with van der Waals surface area (Å²) < 4.78 is 4.67. The van der Waals surface area contributed by atoms with Crippen molar-refractivity contribution in [1.29, 1.82) is 5.26 Å². The lowest BCUT2D eigenvalue weighted by Crippen LogP contribution is -2.26. The number of nitrogens with one attached hydrogen (secondary N) is 1. The van der Waals surface area contributed by atoms with Crippen LogP contribution < -0.4 is 5.32 Å². The van der Waals surface area contributed by atoms with Crippen molar-refractivity contribution in [1.82, 2.24) is 5.32 Å². The molecule has 0 radical (unpaired) electrons. The fraction of sp³-hybridized carbons (Fsp3) is 0.700. The third-order valence-corrected chi connectivity index (χ3v) is 2.39. The molecule has 0 saturated carbocycles. The molecule has 0 saturated heterocycles. The molecule has 16 heavy (non-hydrogen) atoms. The van der Waals surface area contributed by atoms with Crippen molar-refractivity contribution in [2.75, 3.05) is 13.4 Å². The number of nitriles is 1. The Morgan fingerprint density at radius 1 is 1.62 bits per heavy atom. The van der Waals surface area contributed by atoms with Gasteiger partial charge in [-0.2, -0.15) is 5.26 Å². The molecule has 6 heteroatoms. The summed E-state index contributed by atoms with van der Waals surface area (Å²) in [6.07, 6.45) is 4.17. The Balaban J connectivity index is 4.75. The molecule has 0 spiro atoms. The molecular formula is C10H17N3O2S. The van der Waals surface area contributed by atoms with Gasteiger partial charge in [-0.3, -0.25) is 5.32 Å². The normalized spacial score (nSPS) is 13.1. The van der Waals surface area contributed by atoms with Gasteiger partial charge in [0.05, 0.1) is 7.11 Å². The van der Waals surface area contributed by atoms with Crippen LogP contribution in [0.5, 0.6) is 0 Å². The van der Waals surface area contributed by atoms with E-state index >= 15 is 0 Å². The van der Waals surface area contributed by atoms with Gasteiger partial charge in [0.15, 0.2) is 17.4 Å². The number of nitrogens with zero attached hydrogens (tertiary/aromatic N) is 2. The Hall–Kier alpha value is -1.22. The maximum Gasteiger partial charge on any atom is 0.330 e. The predicted octanol–water partition coefficient (Wildman–Crippen LogP) is 1.36. The summed E-state index contributed by atoms with van der Waals surface area (Å²) in [5, 5.41) is 11.3. The van der Waals surface area contributed by atoms with Gasteiger partial charge in [-0.05, 0) is 18.6 Å². The number of thioether (sulfide) groups is 1. The second-order valence-electron chi connectivity index (χ2n) is 3.54. The molecule has 1 unspecified atom stereocenters. The average molecular weight is 243 g/mol. The van der Waals surface area contributed by atoms with Crippen molar-refractivity contribution >= 4 is 22.9 Å². The van der Waals surface area contributed by atoms with Crippen LogP contribution in [0.4, 0.5) is 0 Å². The molecule has 0 aliphatic carbocycles. The number of rotatable bonds is 4. The molecule has 5 nitrogen and oxygen atoms in total. The van der Waals surface area contributed by atoms with E-state index in [1.165, 1.54) is 18.9 Å². The van der Waals surface area contributed by atoms with Crippen LogP contribution in [0.15, 0.2) is 4.99 Å². The SMILES string of the molecule is COC(=O)C(CC(C)C)N=C(NC#N)SC. The number of methoxy groups -OCH3 is 1. The predicted molar refractivity (Wildman–Crippen MR) is 65.0 cm³/mol. The zero-order chi connectivity index (χ0) is 12.6. The molecule has 0 bridgehead atoms. The Kier molecular flexibility index (Phi) is 7.38. The van der Waals surface area contributed by atoms with Crippen molar-refractivity contribution < 1.29 is 9.53 Å². The Bertz CT molecular complexity index is 297. The zero-order valence-corrected chi connectivity index (χ0v) is 10.8. The minimum Gasteiger partial charge on any atom is -0.467 e. The Labute approximate surface area is 100 Å². The second kappa shape index (κ2) is 7.99. The van der Waals surface area contributed by atoms with Gasteiger partial charge in [-0.25, -0.2) is 9.79 Å². The Morgan fingerprint density at radius 3 is 2.62 bits per heavy atom. The molecule has 1 N–H and O–H groups in total. The van der Waals surface area contributed by atoms with Crippen LogP contribution in [0.3, 0.4) is 0 Å². The van der Waals surface area contributed by atoms with Crippen molar-refractivity contribution in [3.05, 3.63) is 0 Å². The van der Waals surface area contributed by atoms with Gasteiger partial charge in [0, 0.05) is 0 Å². The first-order valence-electron chi connectivity index (χ1n) is 4.89. The maximum absolute atomic E-state index is 11.5. The van der Waals surface area contributed by atoms with E-state index in [0.29, 0.717) is 17.5 Å². The molecule has 90 valence electrons. The van der Waals surface area contributed by atoms with E-state index in [9.17, 15) is 4.79 Å². The lowest BCUT2D eigenvalue weighted by Gasteiger charge is -2.13. The number of amidine groups is 1. The molecule has 0 fully saturated rings. The van der Waals surface area contributed by atoms with Gasteiger partial charge in [0.2, 0.25) is 0 Å². The number of hydrogen-bond acceptors (Lipinski definition) is 5. The number of ether oxygens (including phenoxy) is 1. The minimum atomic E-state index is -0.548. The molecule has 0 aromatic heterocycles. The fourth-order valence-corrected chi connectivity index (χ4v) is 1.49. The summed E-state index contributed by atoms with van der Waals surface area (Å²) in [6.45, 7) is 4.00. The summed E-state index contributed by atoms with van der Waals surface area (Å²) in [7, 11) is 1.33. The van der Waals surface area contributed by atoms with E-state index in [-0.39, 0.29) is 5.97 Å². The summed E-state index contributed by atoms with van der Waals surface area (Å²) in [5.74, 6) is -0.0435. The largest absolute Gasteiger partial charge is 0.467 e. The molecule has 0 aliphatic heterocycles. The van der Waals surface area contributed by atoms with E-state index in [2.05, 4.69) is 15.0 Å². The summed E-state index contributed by atoms with van der Waals surface area (Å²) in [5.41, 5.74) is 0. The highest BCUT2D eigenvalue weighted by atomic mass is 32.2. The van der Waals surface area contributed by atoms with E-state index in [4.69, 9.17) is 5.26 Å². The van der Waals surface area contributed by atoms with Crippen LogP contribution in [0.2, 0.25) is 0 Å². The second-order valence-corrected chi connectivity index (χ2v) is 4.34. The molecule has 1 atom stereocenters. The van der Waals surface area contributed by atoms with Gasteiger partial charge in [-0.1, -0.05) is 25.6 Å². The third kappa shape index (κ3) is 5.61. The van der Waals surface area contributed by atoms with Crippen LogP contribution in [-0.4, -0.2) is 30.5 Å². The van der Waals surface area contributed by atoms with Gasteiger partial charge in [0.1, 0.15) is 0 Å². The topological polar surface area (TPSA) is 74.5 Å². The number of hydrogen-bond donors (Lipinski definition) is 1. The molecule has 0 rings (SSSR count). The molecule has 0 aliphatic rings. The van der Waals surface area contributed by atoms with E-state index in [0.717, 1.165) is 0 Å². The highest BCUT2D eigenvalue weighted by Crippen LogP contribution is 2.11. The minimum absolute atomic E-state index is 0.332. The summed E-state index contributed by atoms with van der Waals surface area (Å²) >= 11 is 1.29. The van der Waals surface area contributed by atoms with Crippen LogP contribution in [0.25, 0.3) is 0 Å². The van der Waals surface area contributed by atoms with Crippen molar-refractivity contribution in [3.8, 4) is 6.19 Å². The number of esters is 1. The van der Waals surface area contributed by atoms with Crippen LogP contribution in [0.1, 0.15) is 20.3 Å². The third-order valence-electron chi connectivity index (χ3n) is 1.80. The standard InChI is InChI=1S/C10H17N3O2S/c1-7(2)5-8(9(14)15-3)13-10(16-4)12-6-11/h7-8H,5H2,1-4H3,(H,12,13). The van der Waals surface area contributed by atoms with Crippen molar-refractivity contribution in [2.24, 2.45) is 10.9 Å². The highest BCUT2D eigenvalue weighted by Gasteiger charge is 2.20. The summed E-state index contributed by atoms with van der Waals surface area (Å²) in [4.78, 5) is 15.6. The number of aliphatic imine (C=N–C) groups is 1. The van der Waals surface area contributed by atoms with Gasteiger partial charge in [-0.15, -0.1) is 0 Å². The Morgan fingerprint density at radius 2 is 2.25 bits per heavy atom. The van der Waals surface area contributed by atoms with Crippen LogP contribution in [-0.2, 0) is 9.53 Å². The first kappa shape index (κ1) is 14.8. The first-order chi connectivity index (χ1) is 7.54. The highest BCUT2D eigenvalue weighted by molar-refractivity contribution is 8.13. The van der Waals surface area contributed by atoms with Crippen LogP contribution >= 0.6 is 11.8 Å². The average Bonchev–Trinajstić information content (AvgIpc) is 2.25. The van der Waals surface area contributed by atoms with E-state index in [1.807, 2.05) is 13.8 Å². The number of carbonyl (C=O) groups excluding carboxylic acids is 1. The van der Waals surface area contributed by atoms with Gasteiger partial charge in [0.25, 0.3) is 0 Å². The van der Waals surface area contributed by atoms with E-state index in [1.54, 1.807) is 12.4 Å². The van der Waals surface area contributed by atoms with Gasteiger partial charge < -0.3 is 4.74 Å². The first-order valence-corrected chi connectivity index (χ1v) is 6.12. The fourth-order valence-electron chi connectivity index (χ4n) is 1.11.